The van der Waals surface area contributed by atoms with Crippen molar-refractivity contribution in [1.82, 2.24) is 0 Å². The van der Waals surface area contributed by atoms with Crippen molar-refractivity contribution in [3.63, 3.8) is 0 Å². The number of hydrogen-bond donors (Lipinski definition) is 1. The number of hydrogen-bond acceptors (Lipinski definition) is 1. The summed E-state index contributed by atoms with van der Waals surface area (Å²) < 4.78 is 0. The van der Waals surface area contributed by atoms with Gasteiger partial charge in [0.2, 0.25) is 0 Å². The molecule has 0 saturated carbocycles. The lowest BCUT2D eigenvalue weighted by Gasteiger charge is -2.01. The van der Waals surface area contributed by atoms with Crippen LogP contribution in [-0.4, -0.2) is 11.1 Å². The molecule has 0 spiro atoms. The number of carbonyl (C=O) groups is 1. The van der Waals surface area contributed by atoms with Crippen LogP contribution in [0.15, 0.2) is 23.8 Å². The Morgan fingerprint density at radius 3 is 2.24 bits per heavy atom. The number of aliphatic carboxylic acids is 1. The molecule has 2 heteroatoms. The minimum absolute atomic E-state index is 0.884. The molecule has 0 aromatic carbocycles. The maximum Gasteiger partial charge on any atom is 0.328 e. The molecule has 0 aliphatic heterocycles. The van der Waals surface area contributed by atoms with E-state index in [9.17, 15) is 4.79 Å². The van der Waals surface area contributed by atoms with E-state index in [-0.39, 0.29) is 0 Å². The van der Waals surface area contributed by atoms with Gasteiger partial charge in [-0.3, -0.25) is 0 Å². The third kappa shape index (κ3) is 12.9. The molecule has 0 heterocycles. The molecule has 0 saturated heterocycles. The van der Waals surface area contributed by atoms with Gasteiger partial charge in [0.25, 0.3) is 0 Å². The highest BCUT2D eigenvalue weighted by Gasteiger charge is 1.92. The van der Waals surface area contributed by atoms with Crippen molar-refractivity contribution in [1.29, 1.82) is 0 Å². The summed E-state index contributed by atoms with van der Waals surface area (Å²) in [7, 11) is 0. The van der Waals surface area contributed by atoms with Gasteiger partial charge in [-0.1, -0.05) is 63.2 Å². The lowest BCUT2D eigenvalue weighted by Crippen LogP contribution is -1.85. The van der Waals surface area contributed by atoms with Gasteiger partial charge in [-0.05, 0) is 19.8 Å². The SMILES string of the molecule is CCCCCCCCC/C(C)=C/C=C\C(=O)O. The highest BCUT2D eigenvalue weighted by molar-refractivity contribution is 5.80. The summed E-state index contributed by atoms with van der Waals surface area (Å²) in [5.41, 5.74) is 1.26. The van der Waals surface area contributed by atoms with Crippen LogP contribution in [0.1, 0.15) is 65.2 Å². The van der Waals surface area contributed by atoms with Crippen molar-refractivity contribution in [3.05, 3.63) is 23.8 Å². The first-order valence-corrected chi connectivity index (χ1v) is 6.73. The fraction of sp³-hybridized carbons (Fsp3) is 0.667. The molecule has 0 aromatic rings. The number of carboxylic acid groups (broad SMARTS) is 1. The van der Waals surface area contributed by atoms with Crippen molar-refractivity contribution in [2.45, 2.75) is 65.2 Å². The summed E-state index contributed by atoms with van der Waals surface area (Å²) in [6.07, 6.45) is 15.0. The first kappa shape index (κ1) is 16.0. The van der Waals surface area contributed by atoms with Crippen LogP contribution < -0.4 is 0 Å². The third-order valence-corrected chi connectivity index (χ3v) is 2.79. The Hall–Kier alpha value is -1.05. The highest BCUT2D eigenvalue weighted by Crippen LogP contribution is 2.11. The average molecular weight is 238 g/mol. The normalized spacial score (nSPS) is 12.2. The smallest absolute Gasteiger partial charge is 0.328 e. The molecule has 2 nitrogen and oxygen atoms in total. The summed E-state index contributed by atoms with van der Waals surface area (Å²) >= 11 is 0. The van der Waals surface area contributed by atoms with E-state index < -0.39 is 5.97 Å². The Balaban J connectivity index is 3.44. The zero-order valence-corrected chi connectivity index (χ0v) is 11.2. The molecule has 17 heavy (non-hydrogen) atoms. The largest absolute Gasteiger partial charge is 0.478 e. The minimum atomic E-state index is -0.884. The molecular formula is C15H26O2. The third-order valence-electron chi connectivity index (χ3n) is 2.79. The molecule has 0 amide bonds. The Morgan fingerprint density at radius 1 is 1.06 bits per heavy atom. The van der Waals surface area contributed by atoms with E-state index in [1.54, 1.807) is 6.08 Å². The molecule has 0 aromatic heterocycles. The summed E-state index contributed by atoms with van der Waals surface area (Å²) in [6, 6.07) is 0. The van der Waals surface area contributed by atoms with Crippen LogP contribution in [0.4, 0.5) is 0 Å². The zero-order chi connectivity index (χ0) is 12.9. The molecule has 0 rings (SSSR count). The predicted octanol–water partition coefficient (Wildman–Crippen LogP) is 4.71. The molecule has 0 bridgehead atoms. The Labute approximate surface area is 105 Å². The predicted molar refractivity (Wildman–Crippen MR) is 73.1 cm³/mol. The Morgan fingerprint density at radius 2 is 1.65 bits per heavy atom. The van der Waals surface area contributed by atoms with Gasteiger partial charge < -0.3 is 5.11 Å². The van der Waals surface area contributed by atoms with E-state index in [1.807, 2.05) is 6.08 Å². The van der Waals surface area contributed by atoms with E-state index in [0.717, 1.165) is 6.42 Å². The second kappa shape index (κ2) is 11.4. The number of carboxylic acids is 1. The van der Waals surface area contributed by atoms with Crippen molar-refractivity contribution < 1.29 is 9.90 Å². The van der Waals surface area contributed by atoms with Gasteiger partial charge in [-0.25, -0.2) is 4.79 Å². The van der Waals surface area contributed by atoms with E-state index in [1.165, 1.54) is 56.6 Å². The molecule has 0 aliphatic carbocycles. The molecule has 98 valence electrons. The van der Waals surface area contributed by atoms with Crippen LogP contribution >= 0.6 is 0 Å². The van der Waals surface area contributed by atoms with Crippen molar-refractivity contribution in [3.8, 4) is 0 Å². The fourth-order valence-corrected chi connectivity index (χ4v) is 1.74. The Kier molecular flexibility index (Phi) is 10.7. The van der Waals surface area contributed by atoms with E-state index >= 15 is 0 Å². The van der Waals surface area contributed by atoms with Crippen LogP contribution in [0.5, 0.6) is 0 Å². The van der Waals surface area contributed by atoms with Gasteiger partial charge in [0.05, 0.1) is 0 Å². The summed E-state index contributed by atoms with van der Waals surface area (Å²) in [5, 5.41) is 8.43. The van der Waals surface area contributed by atoms with Crippen LogP contribution in [0.25, 0.3) is 0 Å². The summed E-state index contributed by atoms with van der Waals surface area (Å²) in [6.45, 7) is 4.29. The monoisotopic (exact) mass is 238 g/mol. The standard InChI is InChI=1S/C15H26O2/c1-3-4-5-6-7-8-9-11-14(2)12-10-13-15(16)17/h10,12-13H,3-9,11H2,1-2H3,(H,16,17)/b13-10-,14-12+. The molecule has 0 atom stereocenters. The molecule has 0 aliphatic rings. The van der Waals surface area contributed by atoms with Crippen LogP contribution in [-0.2, 0) is 4.79 Å². The van der Waals surface area contributed by atoms with Gasteiger partial charge in [-0.2, -0.15) is 0 Å². The molecule has 0 fully saturated rings. The molecular weight excluding hydrogens is 212 g/mol. The van der Waals surface area contributed by atoms with Gasteiger partial charge in [-0.15, -0.1) is 0 Å². The van der Waals surface area contributed by atoms with Gasteiger partial charge in [0.1, 0.15) is 0 Å². The fourth-order valence-electron chi connectivity index (χ4n) is 1.74. The van der Waals surface area contributed by atoms with Crippen molar-refractivity contribution in [2.24, 2.45) is 0 Å². The molecule has 1 N–H and O–H groups in total. The van der Waals surface area contributed by atoms with E-state index in [2.05, 4.69) is 13.8 Å². The van der Waals surface area contributed by atoms with Crippen molar-refractivity contribution in [2.75, 3.05) is 0 Å². The highest BCUT2D eigenvalue weighted by atomic mass is 16.4. The zero-order valence-electron chi connectivity index (χ0n) is 11.2. The van der Waals surface area contributed by atoms with Crippen LogP contribution in [0, 0.1) is 0 Å². The van der Waals surface area contributed by atoms with Crippen molar-refractivity contribution >= 4 is 5.97 Å². The second-order valence-electron chi connectivity index (χ2n) is 4.58. The maximum atomic E-state index is 10.3. The van der Waals surface area contributed by atoms with Crippen LogP contribution in [0.2, 0.25) is 0 Å². The summed E-state index contributed by atoms with van der Waals surface area (Å²) in [5.74, 6) is -0.884. The second-order valence-corrected chi connectivity index (χ2v) is 4.58. The van der Waals surface area contributed by atoms with Gasteiger partial charge >= 0.3 is 5.97 Å². The van der Waals surface area contributed by atoms with Gasteiger partial charge in [0.15, 0.2) is 0 Å². The summed E-state index contributed by atoms with van der Waals surface area (Å²) in [4.78, 5) is 10.3. The quantitative estimate of drug-likeness (QED) is 0.340. The number of rotatable bonds is 10. The maximum absolute atomic E-state index is 10.3. The molecule has 0 radical (unpaired) electrons. The Bertz CT molecular complexity index is 252. The van der Waals surface area contributed by atoms with E-state index in [0.29, 0.717) is 0 Å². The first-order valence-electron chi connectivity index (χ1n) is 6.73. The minimum Gasteiger partial charge on any atom is -0.478 e. The average Bonchev–Trinajstić information content (AvgIpc) is 2.27. The molecule has 0 unspecified atom stereocenters. The lowest BCUT2D eigenvalue weighted by atomic mass is 10.1. The first-order chi connectivity index (χ1) is 8.16. The van der Waals surface area contributed by atoms with Crippen LogP contribution in [0.3, 0.4) is 0 Å². The number of allylic oxidation sites excluding steroid dienone is 3. The number of unbranched alkanes of at least 4 members (excludes halogenated alkanes) is 6. The van der Waals surface area contributed by atoms with Gasteiger partial charge in [0, 0.05) is 6.08 Å². The topological polar surface area (TPSA) is 37.3 Å². The lowest BCUT2D eigenvalue weighted by molar-refractivity contribution is -0.131. The van der Waals surface area contributed by atoms with E-state index in [4.69, 9.17) is 5.11 Å².